The van der Waals surface area contributed by atoms with E-state index in [9.17, 15) is 18.5 Å². The first-order valence-electron chi connectivity index (χ1n) is 9.34. The summed E-state index contributed by atoms with van der Waals surface area (Å²) in [5.74, 6) is 0. The number of nitrogens with zero attached hydrogens (tertiary/aromatic N) is 2. The SMILES string of the molecule is Cc1sc(-c2ccccc2)nc1-c1ccc(NS(=O)(=O)c2ccc(Cl)c([N+](=O)[O-])c2)cc1. The maximum atomic E-state index is 12.7. The summed E-state index contributed by atoms with van der Waals surface area (Å²) in [7, 11) is -4.03. The van der Waals surface area contributed by atoms with Crippen molar-refractivity contribution in [3.05, 3.63) is 92.8 Å². The summed E-state index contributed by atoms with van der Waals surface area (Å²) in [4.78, 5) is 15.9. The van der Waals surface area contributed by atoms with Gasteiger partial charge in [-0.15, -0.1) is 11.3 Å². The fourth-order valence-corrected chi connectivity index (χ4v) is 5.28. The molecule has 0 amide bonds. The highest BCUT2D eigenvalue weighted by Gasteiger charge is 2.21. The second-order valence-corrected chi connectivity index (χ2v) is 10.1. The predicted octanol–water partition coefficient (Wildman–Crippen LogP) is 6.15. The smallest absolute Gasteiger partial charge is 0.280 e. The van der Waals surface area contributed by atoms with Crippen molar-refractivity contribution >= 4 is 44.3 Å². The summed E-state index contributed by atoms with van der Waals surface area (Å²) in [5.41, 5.74) is 2.57. The molecule has 3 aromatic carbocycles. The van der Waals surface area contributed by atoms with E-state index in [1.54, 1.807) is 35.6 Å². The first kappa shape index (κ1) is 21.9. The summed E-state index contributed by atoms with van der Waals surface area (Å²) in [6.45, 7) is 1.99. The molecule has 10 heteroatoms. The highest BCUT2D eigenvalue weighted by molar-refractivity contribution is 7.92. The molecule has 162 valence electrons. The number of nitrogens with one attached hydrogen (secondary N) is 1. The van der Waals surface area contributed by atoms with Crippen LogP contribution < -0.4 is 4.72 Å². The molecular weight excluding hydrogens is 470 g/mol. The van der Waals surface area contributed by atoms with Gasteiger partial charge in [0.05, 0.1) is 15.5 Å². The molecule has 1 N–H and O–H groups in total. The number of sulfonamides is 1. The fraction of sp³-hybridized carbons (Fsp3) is 0.0455. The Balaban J connectivity index is 1.58. The Bertz CT molecular complexity index is 1400. The highest BCUT2D eigenvalue weighted by Crippen LogP contribution is 2.34. The van der Waals surface area contributed by atoms with Crippen molar-refractivity contribution in [2.24, 2.45) is 0 Å². The standard InChI is InChI=1S/C22H16ClN3O4S2/c1-14-21(24-22(31-14)16-5-3-2-4-6-16)15-7-9-17(10-8-15)25-32(29,30)18-11-12-19(23)20(13-18)26(27)28/h2-13,25H,1H3. The van der Waals surface area contributed by atoms with Gasteiger partial charge in [0.15, 0.2) is 0 Å². The molecule has 0 bridgehead atoms. The number of hydrogen-bond acceptors (Lipinski definition) is 6. The summed E-state index contributed by atoms with van der Waals surface area (Å²) in [6, 6.07) is 20.0. The number of anilines is 1. The van der Waals surface area contributed by atoms with Crippen molar-refractivity contribution in [1.29, 1.82) is 0 Å². The lowest BCUT2D eigenvalue weighted by Crippen LogP contribution is -2.13. The molecule has 0 aliphatic heterocycles. The van der Waals surface area contributed by atoms with Crippen molar-refractivity contribution < 1.29 is 13.3 Å². The lowest BCUT2D eigenvalue weighted by molar-refractivity contribution is -0.384. The molecule has 1 aromatic heterocycles. The van der Waals surface area contributed by atoms with E-state index in [0.717, 1.165) is 32.8 Å². The molecule has 0 atom stereocenters. The van der Waals surface area contributed by atoms with Crippen molar-refractivity contribution in [3.63, 3.8) is 0 Å². The summed E-state index contributed by atoms with van der Waals surface area (Å²) < 4.78 is 27.8. The molecule has 0 aliphatic carbocycles. The Labute approximate surface area is 193 Å². The van der Waals surface area contributed by atoms with Gasteiger partial charge in [-0.05, 0) is 31.2 Å². The van der Waals surface area contributed by atoms with E-state index in [-0.39, 0.29) is 9.92 Å². The van der Waals surface area contributed by atoms with E-state index in [1.807, 2.05) is 37.3 Å². The molecular formula is C22H16ClN3O4S2. The topological polar surface area (TPSA) is 102 Å². The molecule has 0 fully saturated rings. The summed E-state index contributed by atoms with van der Waals surface area (Å²) in [6.07, 6.45) is 0. The van der Waals surface area contributed by atoms with Crippen LogP contribution in [0.5, 0.6) is 0 Å². The minimum absolute atomic E-state index is 0.133. The average Bonchev–Trinajstić information content (AvgIpc) is 3.16. The number of rotatable bonds is 6. The lowest BCUT2D eigenvalue weighted by Gasteiger charge is -2.09. The first-order chi connectivity index (χ1) is 15.2. The lowest BCUT2D eigenvalue weighted by atomic mass is 10.1. The highest BCUT2D eigenvalue weighted by atomic mass is 35.5. The van der Waals surface area contributed by atoms with Crippen LogP contribution in [-0.2, 0) is 10.0 Å². The van der Waals surface area contributed by atoms with Gasteiger partial charge in [-0.2, -0.15) is 0 Å². The Morgan fingerprint density at radius 2 is 1.69 bits per heavy atom. The van der Waals surface area contributed by atoms with E-state index in [2.05, 4.69) is 4.72 Å². The van der Waals surface area contributed by atoms with Gasteiger partial charge in [0, 0.05) is 27.8 Å². The van der Waals surface area contributed by atoms with Gasteiger partial charge < -0.3 is 0 Å². The number of thiazole rings is 1. The third kappa shape index (κ3) is 4.50. The van der Waals surface area contributed by atoms with E-state index < -0.39 is 20.6 Å². The van der Waals surface area contributed by atoms with Crippen LogP contribution in [0.3, 0.4) is 0 Å². The van der Waals surface area contributed by atoms with Crippen LogP contribution in [0.15, 0.2) is 77.7 Å². The summed E-state index contributed by atoms with van der Waals surface area (Å²) >= 11 is 7.36. The number of benzene rings is 3. The van der Waals surface area contributed by atoms with Gasteiger partial charge in [0.2, 0.25) is 0 Å². The van der Waals surface area contributed by atoms with Crippen LogP contribution in [0.1, 0.15) is 4.88 Å². The van der Waals surface area contributed by atoms with Crippen molar-refractivity contribution in [2.45, 2.75) is 11.8 Å². The van der Waals surface area contributed by atoms with E-state index >= 15 is 0 Å². The van der Waals surface area contributed by atoms with Crippen LogP contribution in [0.25, 0.3) is 21.8 Å². The number of halogens is 1. The van der Waals surface area contributed by atoms with Gasteiger partial charge in [-0.25, -0.2) is 13.4 Å². The maximum Gasteiger partial charge on any atom is 0.289 e. The number of aryl methyl sites for hydroxylation is 1. The number of nitro benzene ring substituents is 1. The van der Waals surface area contributed by atoms with Gasteiger partial charge in [0.25, 0.3) is 15.7 Å². The Kier molecular flexibility index (Phi) is 5.96. The first-order valence-corrected chi connectivity index (χ1v) is 12.0. The third-order valence-electron chi connectivity index (χ3n) is 4.65. The Hall–Kier alpha value is -3.27. The van der Waals surface area contributed by atoms with Crippen molar-refractivity contribution in [3.8, 4) is 21.8 Å². The van der Waals surface area contributed by atoms with Crippen LogP contribution in [0.4, 0.5) is 11.4 Å². The second kappa shape index (κ2) is 8.70. The molecule has 4 rings (SSSR count). The normalized spacial score (nSPS) is 11.3. The van der Waals surface area contributed by atoms with Gasteiger partial charge in [0.1, 0.15) is 10.0 Å². The molecule has 4 aromatic rings. The van der Waals surface area contributed by atoms with Crippen LogP contribution in [0, 0.1) is 17.0 Å². The number of aromatic nitrogens is 1. The van der Waals surface area contributed by atoms with Crippen molar-refractivity contribution in [2.75, 3.05) is 4.72 Å². The second-order valence-electron chi connectivity index (χ2n) is 6.84. The monoisotopic (exact) mass is 485 g/mol. The zero-order valence-electron chi connectivity index (χ0n) is 16.7. The van der Waals surface area contributed by atoms with Crippen LogP contribution in [-0.4, -0.2) is 18.3 Å². The molecule has 32 heavy (non-hydrogen) atoms. The van der Waals surface area contributed by atoms with Crippen LogP contribution in [0.2, 0.25) is 5.02 Å². The number of hydrogen-bond donors (Lipinski definition) is 1. The molecule has 0 spiro atoms. The molecule has 0 saturated heterocycles. The van der Waals surface area contributed by atoms with Gasteiger partial charge in [-0.1, -0.05) is 54.1 Å². The predicted molar refractivity (Wildman–Crippen MR) is 127 cm³/mol. The maximum absolute atomic E-state index is 12.7. The minimum Gasteiger partial charge on any atom is -0.280 e. The zero-order chi connectivity index (χ0) is 22.9. The molecule has 0 saturated carbocycles. The molecule has 0 radical (unpaired) electrons. The van der Waals surface area contributed by atoms with E-state index in [4.69, 9.17) is 16.6 Å². The average molecular weight is 486 g/mol. The largest absolute Gasteiger partial charge is 0.289 e. The zero-order valence-corrected chi connectivity index (χ0v) is 19.0. The van der Waals surface area contributed by atoms with Gasteiger partial charge in [-0.3, -0.25) is 14.8 Å². The minimum atomic E-state index is -4.03. The number of nitro groups is 1. The van der Waals surface area contributed by atoms with Crippen LogP contribution >= 0.6 is 22.9 Å². The van der Waals surface area contributed by atoms with Gasteiger partial charge >= 0.3 is 0 Å². The van der Waals surface area contributed by atoms with E-state index in [0.29, 0.717) is 5.69 Å². The molecule has 0 aliphatic rings. The molecule has 1 heterocycles. The quantitative estimate of drug-likeness (QED) is 0.260. The molecule has 0 unspecified atom stereocenters. The fourth-order valence-electron chi connectivity index (χ4n) is 3.08. The van der Waals surface area contributed by atoms with Crippen molar-refractivity contribution in [1.82, 2.24) is 4.98 Å². The third-order valence-corrected chi connectivity index (χ3v) is 7.37. The van der Waals surface area contributed by atoms with E-state index in [1.165, 1.54) is 12.1 Å². The summed E-state index contributed by atoms with van der Waals surface area (Å²) in [5, 5.41) is 11.8. The Morgan fingerprint density at radius 1 is 1.00 bits per heavy atom. The Morgan fingerprint density at radius 3 is 2.34 bits per heavy atom. The molecule has 7 nitrogen and oxygen atoms in total.